The first-order chi connectivity index (χ1) is 14.2. The van der Waals surface area contributed by atoms with Crippen molar-refractivity contribution in [3.05, 3.63) is 103 Å². The van der Waals surface area contributed by atoms with Crippen LogP contribution in [0, 0.1) is 0 Å². The Balaban J connectivity index is 1.62. The third-order valence-electron chi connectivity index (χ3n) is 4.53. The Morgan fingerprint density at radius 3 is 2.03 bits per heavy atom. The van der Waals surface area contributed by atoms with Gasteiger partial charge in [0, 0.05) is 5.56 Å². The molecular formula is C24H19N3O2. The van der Waals surface area contributed by atoms with E-state index in [4.69, 9.17) is 0 Å². The lowest BCUT2D eigenvalue weighted by molar-refractivity contribution is 0.249. The molecule has 29 heavy (non-hydrogen) atoms. The molecule has 142 valence electrons. The number of carbonyl (C=O) groups excluding carboxylic acids is 1. The minimum atomic E-state index is -0.404. The summed E-state index contributed by atoms with van der Waals surface area (Å²) in [6.45, 7) is 0. The normalized spacial score (nSPS) is 10.9. The number of amides is 2. The number of fused-ring (bicyclic) bond motifs is 1. The zero-order valence-corrected chi connectivity index (χ0v) is 15.6. The number of para-hydroxylation sites is 2. The first kappa shape index (κ1) is 18.3. The summed E-state index contributed by atoms with van der Waals surface area (Å²) in [5.41, 5.74) is 4.56. The lowest BCUT2D eigenvalue weighted by Crippen LogP contribution is -2.34. The van der Waals surface area contributed by atoms with Crippen molar-refractivity contribution in [1.29, 1.82) is 0 Å². The highest BCUT2D eigenvalue weighted by molar-refractivity contribution is 6.03. The second-order valence-corrected chi connectivity index (χ2v) is 6.40. The van der Waals surface area contributed by atoms with Gasteiger partial charge in [0.2, 0.25) is 0 Å². The smallest absolute Gasteiger partial charge is 0.346 e. The molecule has 0 bridgehead atoms. The molecular weight excluding hydrogens is 362 g/mol. The van der Waals surface area contributed by atoms with Gasteiger partial charge in [-0.25, -0.2) is 10.2 Å². The van der Waals surface area contributed by atoms with E-state index in [1.807, 2.05) is 91.0 Å². The Bertz CT molecular complexity index is 1120. The van der Waals surface area contributed by atoms with Crippen molar-refractivity contribution in [2.75, 3.05) is 4.90 Å². The van der Waals surface area contributed by atoms with Crippen LogP contribution in [0.25, 0.3) is 10.8 Å². The first-order valence-electron chi connectivity index (χ1n) is 9.18. The van der Waals surface area contributed by atoms with Gasteiger partial charge in [0.1, 0.15) is 5.75 Å². The lowest BCUT2D eigenvalue weighted by atomic mass is 10.0. The number of hydrogen-bond acceptors (Lipinski definition) is 3. The van der Waals surface area contributed by atoms with Crippen LogP contribution in [0.4, 0.5) is 16.2 Å². The minimum absolute atomic E-state index is 0.102. The van der Waals surface area contributed by atoms with Crippen molar-refractivity contribution >= 4 is 34.4 Å². The molecule has 5 nitrogen and oxygen atoms in total. The number of anilines is 2. The largest absolute Gasteiger partial charge is 0.507 e. The van der Waals surface area contributed by atoms with E-state index in [2.05, 4.69) is 10.5 Å². The Labute approximate surface area is 168 Å². The fraction of sp³-hybridized carbons (Fsp3) is 0. The van der Waals surface area contributed by atoms with Gasteiger partial charge in [-0.1, -0.05) is 66.7 Å². The molecule has 2 N–H and O–H groups in total. The Hall–Kier alpha value is -4.12. The molecule has 0 saturated heterocycles. The number of carbonyl (C=O) groups is 1. The van der Waals surface area contributed by atoms with E-state index < -0.39 is 6.03 Å². The van der Waals surface area contributed by atoms with Gasteiger partial charge in [0.25, 0.3) is 0 Å². The highest BCUT2D eigenvalue weighted by atomic mass is 16.3. The van der Waals surface area contributed by atoms with E-state index >= 15 is 0 Å². The number of nitrogens with one attached hydrogen (secondary N) is 1. The third kappa shape index (κ3) is 3.94. The number of rotatable bonds is 4. The molecule has 5 heteroatoms. The monoisotopic (exact) mass is 381 g/mol. The molecule has 0 atom stereocenters. The van der Waals surface area contributed by atoms with Crippen molar-refractivity contribution in [2.24, 2.45) is 5.10 Å². The predicted octanol–water partition coefficient (Wildman–Crippen LogP) is 5.43. The summed E-state index contributed by atoms with van der Waals surface area (Å²) >= 11 is 0. The molecule has 0 aliphatic carbocycles. The van der Waals surface area contributed by atoms with E-state index in [9.17, 15) is 9.90 Å². The molecule has 0 aromatic heterocycles. The molecule has 0 saturated carbocycles. The molecule has 0 fully saturated rings. The van der Waals surface area contributed by atoms with Gasteiger partial charge in [0.15, 0.2) is 0 Å². The summed E-state index contributed by atoms with van der Waals surface area (Å²) in [5, 5.41) is 16.2. The summed E-state index contributed by atoms with van der Waals surface area (Å²) in [7, 11) is 0. The van der Waals surface area contributed by atoms with Crippen molar-refractivity contribution < 1.29 is 9.90 Å². The Morgan fingerprint density at radius 1 is 0.793 bits per heavy atom. The highest BCUT2D eigenvalue weighted by Gasteiger charge is 2.17. The van der Waals surface area contributed by atoms with Crippen LogP contribution in [-0.4, -0.2) is 17.4 Å². The SMILES string of the molecule is O=C(N/N=C/c1c(O)ccc2ccccc12)N(c1ccccc1)c1ccccc1. The zero-order chi connectivity index (χ0) is 20.1. The van der Waals surface area contributed by atoms with Gasteiger partial charge in [-0.05, 0) is 41.1 Å². The molecule has 2 amide bonds. The second-order valence-electron chi connectivity index (χ2n) is 6.40. The summed E-state index contributed by atoms with van der Waals surface area (Å²) in [4.78, 5) is 14.5. The molecule has 4 aromatic carbocycles. The van der Waals surface area contributed by atoms with Gasteiger partial charge >= 0.3 is 6.03 Å². The average Bonchev–Trinajstić information content (AvgIpc) is 2.77. The fourth-order valence-corrected chi connectivity index (χ4v) is 3.16. The summed E-state index contributed by atoms with van der Waals surface area (Å²) in [6.07, 6.45) is 1.46. The standard InChI is InChI=1S/C24H19N3O2/c28-23-16-15-18-9-7-8-14-21(18)22(23)17-25-26-24(29)27(19-10-3-1-4-11-19)20-12-5-2-6-13-20/h1-17,28H,(H,26,29)/b25-17+. The summed E-state index contributed by atoms with van der Waals surface area (Å²) < 4.78 is 0. The molecule has 0 heterocycles. The van der Waals surface area contributed by atoms with Gasteiger partial charge in [0.05, 0.1) is 17.6 Å². The number of hydrogen-bond donors (Lipinski definition) is 2. The van der Waals surface area contributed by atoms with Crippen LogP contribution in [0.3, 0.4) is 0 Å². The number of urea groups is 1. The van der Waals surface area contributed by atoms with Crippen molar-refractivity contribution in [3.8, 4) is 5.75 Å². The highest BCUT2D eigenvalue weighted by Crippen LogP contribution is 2.26. The van der Waals surface area contributed by atoms with E-state index in [-0.39, 0.29) is 5.75 Å². The van der Waals surface area contributed by atoms with Crippen LogP contribution in [-0.2, 0) is 0 Å². The fourth-order valence-electron chi connectivity index (χ4n) is 3.16. The molecule has 0 aliphatic heterocycles. The van der Waals surface area contributed by atoms with Crippen molar-refractivity contribution in [3.63, 3.8) is 0 Å². The first-order valence-corrected chi connectivity index (χ1v) is 9.18. The molecule has 0 radical (unpaired) electrons. The molecule has 4 aromatic rings. The van der Waals surface area contributed by atoms with Crippen molar-refractivity contribution in [1.82, 2.24) is 5.43 Å². The summed E-state index contributed by atoms with van der Waals surface area (Å²) in [6, 6.07) is 29.4. The number of aromatic hydroxyl groups is 1. The maximum Gasteiger partial charge on any atom is 0.346 e. The minimum Gasteiger partial charge on any atom is -0.507 e. The van der Waals surface area contributed by atoms with Gasteiger partial charge < -0.3 is 5.11 Å². The number of phenols is 1. The maximum atomic E-state index is 12.9. The van der Waals surface area contributed by atoms with Crippen molar-refractivity contribution in [2.45, 2.75) is 0 Å². The van der Waals surface area contributed by atoms with Crippen LogP contribution in [0.2, 0.25) is 0 Å². The van der Waals surface area contributed by atoms with Crippen LogP contribution < -0.4 is 10.3 Å². The molecule has 4 rings (SSSR count). The molecule has 0 spiro atoms. The Morgan fingerprint density at radius 2 is 1.38 bits per heavy atom. The van der Waals surface area contributed by atoms with Crippen LogP contribution in [0.15, 0.2) is 102 Å². The number of nitrogens with zero attached hydrogens (tertiary/aromatic N) is 2. The third-order valence-corrected chi connectivity index (χ3v) is 4.53. The van der Waals surface area contributed by atoms with Gasteiger partial charge in [-0.15, -0.1) is 0 Å². The second kappa shape index (κ2) is 8.27. The Kier molecular flexibility index (Phi) is 5.21. The average molecular weight is 381 g/mol. The van der Waals surface area contributed by atoms with E-state index in [0.29, 0.717) is 5.56 Å². The van der Waals surface area contributed by atoms with Crippen LogP contribution in [0.1, 0.15) is 5.56 Å². The maximum absolute atomic E-state index is 12.9. The van der Waals surface area contributed by atoms with Gasteiger partial charge in [-0.2, -0.15) is 5.10 Å². The van der Waals surface area contributed by atoms with E-state index in [1.165, 1.54) is 6.21 Å². The number of benzene rings is 4. The predicted molar refractivity (Wildman–Crippen MR) is 117 cm³/mol. The quantitative estimate of drug-likeness (QED) is 0.366. The molecule has 0 unspecified atom stereocenters. The van der Waals surface area contributed by atoms with Crippen LogP contribution >= 0.6 is 0 Å². The summed E-state index contributed by atoms with van der Waals surface area (Å²) in [5.74, 6) is 0.102. The van der Waals surface area contributed by atoms with E-state index in [0.717, 1.165) is 22.1 Å². The topological polar surface area (TPSA) is 64.9 Å². The number of phenolic OH excluding ortho intramolecular Hbond substituents is 1. The van der Waals surface area contributed by atoms with Crippen LogP contribution in [0.5, 0.6) is 5.75 Å². The zero-order valence-electron chi connectivity index (χ0n) is 15.6. The molecule has 0 aliphatic rings. The lowest BCUT2D eigenvalue weighted by Gasteiger charge is -2.22. The number of hydrazone groups is 1. The van der Waals surface area contributed by atoms with Gasteiger partial charge in [-0.3, -0.25) is 4.90 Å². The van der Waals surface area contributed by atoms with E-state index in [1.54, 1.807) is 11.0 Å².